The zero-order valence-electron chi connectivity index (χ0n) is 31.6. The lowest BCUT2D eigenvalue weighted by Gasteiger charge is -2.42. The predicted octanol–water partition coefficient (Wildman–Crippen LogP) is 12.7. The molecule has 0 amide bonds. The Labute approximate surface area is 337 Å². The Morgan fingerprint density at radius 1 is 0.441 bits per heavy atom. The van der Waals surface area contributed by atoms with E-state index in [1.54, 1.807) is 0 Å². The van der Waals surface area contributed by atoms with Crippen molar-refractivity contribution >= 4 is 111 Å². The molecule has 0 aliphatic carbocycles. The maximum atomic E-state index is 6.87. The third kappa shape index (κ3) is 3.60. The Balaban J connectivity index is 1.17. The van der Waals surface area contributed by atoms with Gasteiger partial charge in [0.15, 0.2) is 0 Å². The second-order valence-corrected chi connectivity index (χ2v) is 16.3. The average Bonchev–Trinajstić information content (AvgIpc) is 4.04. The van der Waals surface area contributed by atoms with Crippen molar-refractivity contribution in [3.8, 4) is 27.9 Å². The lowest BCUT2D eigenvalue weighted by molar-refractivity contribution is 0.669. The van der Waals surface area contributed by atoms with Crippen molar-refractivity contribution in [3.05, 3.63) is 182 Å². The minimum atomic E-state index is -0.129. The van der Waals surface area contributed by atoms with Gasteiger partial charge in [-0.05, 0) is 64.0 Å². The van der Waals surface area contributed by atoms with Crippen LogP contribution in [0.4, 0.5) is 11.4 Å². The van der Waals surface area contributed by atoms with Crippen LogP contribution < -0.4 is 15.7 Å². The van der Waals surface area contributed by atoms with Crippen LogP contribution in [0, 0.1) is 0 Å². The standard InChI is InChI=1S/C54H30BN3O/c1-2-12-31(13-3-1)32-24-26-33(27-25-32)58-54-40(28-29-44-48(54)39-19-10-17-36-34-14-4-7-21-42(34)56(44)52(36)39)50-49-38-16-6-9-23-46(38)59-47(49)30-45-51(50)55(58)41-20-11-18-37-35-15-5-8-22-43(35)57(45)53(37)41/h1-30H. The van der Waals surface area contributed by atoms with Crippen LogP contribution in [0.25, 0.3) is 110 Å². The number of hydrogen-bond acceptors (Lipinski definition) is 2. The van der Waals surface area contributed by atoms with Gasteiger partial charge in [0, 0.05) is 71.8 Å². The maximum Gasteiger partial charge on any atom is 0.333 e. The molecule has 59 heavy (non-hydrogen) atoms. The van der Waals surface area contributed by atoms with Crippen LogP contribution in [0.5, 0.6) is 0 Å². The molecule has 5 heteroatoms. The molecule has 13 aromatic rings. The monoisotopic (exact) mass is 747 g/mol. The second-order valence-electron chi connectivity index (χ2n) is 16.3. The van der Waals surface area contributed by atoms with Crippen molar-refractivity contribution < 1.29 is 4.42 Å². The molecule has 9 aromatic carbocycles. The van der Waals surface area contributed by atoms with E-state index in [1.807, 2.05) is 0 Å². The van der Waals surface area contributed by atoms with E-state index in [4.69, 9.17) is 4.42 Å². The molecule has 0 N–H and O–H groups in total. The molecule has 0 bridgehead atoms. The van der Waals surface area contributed by atoms with Crippen molar-refractivity contribution in [2.24, 2.45) is 0 Å². The Morgan fingerprint density at radius 2 is 1.10 bits per heavy atom. The number of rotatable bonds is 2. The minimum absolute atomic E-state index is 0.129. The van der Waals surface area contributed by atoms with Gasteiger partial charge in [-0.1, -0.05) is 140 Å². The topological polar surface area (TPSA) is 25.7 Å². The van der Waals surface area contributed by atoms with E-state index in [-0.39, 0.29) is 6.85 Å². The Bertz CT molecular complexity index is 3970. The van der Waals surface area contributed by atoms with Crippen LogP contribution in [0.3, 0.4) is 0 Å². The van der Waals surface area contributed by atoms with Crippen LogP contribution >= 0.6 is 0 Å². The van der Waals surface area contributed by atoms with Crippen LogP contribution in [0.1, 0.15) is 0 Å². The highest BCUT2D eigenvalue weighted by molar-refractivity contribution is 6.94. The zero-order valence-corrected chi connectivity index (χ0v) is 31.6. The first-order valence-electron chi connectivity index (χ1n) is 20.5. The van der Waals surface area contributed by atoms with Crippen molar-refractivity contribution in [1.29, 1.82) is 0 Å². The summed E-state index contributed by atoms with van der Waals surface area (Å²) in [5, 5.41) is 9.97. The lowest BCUT2D eigenvalue weighted by Crippen LogP contribution is -2.60. The number of benzene rings is 9. The second kappa shape index (κ2) is 10.6. The van der Waals surface area contributed by atoms with E-state index in [9.17, 15) is 0 Å². The number of para-hydroxylation sites is 5. The van der Waals surface area contributed by atoms with Crippen LogP contribution in [-0.4, -0.2) is 15.8 Å². The molecule has 2 aliphatic heterocycles. The fourth-order valence-electron chi connectivity index (χ4n) is 11.4. The maximum absolute atomic E-state index is 6.87. The molecule has 4 nitrogen and oxygen atoms in total. The number of fused-ring (bicyclic) bond motifs is 18. The number of anilines is 2. The van der Waals surface area contributed by atoms with Crippen LogP contribution in [0.15, 0.2) is 186 Å². The van der Waals surface area contributed by atoms with E-state index in [1.165, 1.54) is 110 Å². The Morgan fingerprint density at radius 3 is 1.95 bits per heavy atom. The van der Waals surface area contributed by atoms with E-state index >= 15 is 0 Å². The van der Waals surface area contributed by atoms with Gasteiger partial charge in [-0.25, -0.2) is 0 Å². The van der Waals surface area contributed by atoms with Gasteiger partial charge < -0.3 is 18.2 Å². The largest absolute Gasteiger partial charge is 0.456 e. The first kappa shape index (κ1) is 30.4. The fourth-order valence-corrected chi connectivity index (χ4v) is 11.4. The summed E-state index contributed by atoms with van der Waals surface area (Å²) in [4.78, 5) is 2.69. The molecular formula is C54H30BN3O. The molecule has 0 unspecified atom stereocenters. The minimum Gasteiger partial charge on any atom is -0.456 e. The van der Waals surface area contributed by atoms with Crippen molar-refractivity contribution in [2.75, 3.05) is 4.81 Å². The molecule has 270 valence electrons. The summed E-state index contributed by atoms with van der Waals surface area (Å²) < 4.78 is 11.9. The molecule has 15 rings (SSSR count). The summed E-state index contributed by atoms with van der Waals surface area (Å²) in [5.41, 5.74) is 19.1. The SMILES string of the molecule is c1ccc(-c2ccc(N3B4c5c(cc6oc7ccccc7c6c5-c5ccc6c(c53)c3cccc5c7ccccc7n6c53)-n3c5ccccc5c5cccc4c53)cc2)cc1. The smallest absolute Gasteiger partial charge is 0.333 e. The predicted molar refractivity (Wildman–Crippen MR) is 247 cm³/mol. The molecule has 0 fully saturated rings. The fraction of sp³-hybridized carbons (Fsp3) is 0. The van der Waals surface area contributed by atoms with Crippen molar-refractivity contribution in [2.45, 2.75) is 0 Å². The average molecular weight is 748 g/mol. The van der Waals surface area contributed by atoms with Crippen LogP contribution in [-0.2, 0) is 0 Å². The molecule has 2 aliphatic rings. The van der Waals surface area contributed by atoms with E-state index in [0.29, 0.717) is 0 Å². The quantitative estimate of drug-likeness (QED) is 0.165. The van der Waals surface area contributed by atoms with Gasteiger partial charge in [0.2, 0.25) is 0 Å². The molecule has 4 aromatic heterocycles. The first-order chi connectivity index (χ1) is 29.3. The summed E-state index contributed by atoms with van der Waals surface area (Å²) >= 11 is 0. The molecule has 0 atom stereocenters. The summed E-state index contributed by atoms with van der Waals surface area (Å²) in [7, 11) is 0. The van der Waals surface area contributed by atoms with Crippen molar-refractivity contribution in [1.82, 2.24) is 8.97 Å². The third-order valence-electron chi connectivity index (χ3n) is 13.6. The number of nitrogens with zero attached hydrogens (tertiary/aromatic N) is 3. The van der Waals surface area contributed by atoms with Gasteiger partial charge in [0.25, 0.3) is 0 Å². The van der Waals surface area contributed by atoms with Gasteiger partial charge in [-0.2, -0.15) is 0 Å². The molecule has 0 saturated carbocycles. The van der Waals surface area contributed by atoms with E-state index < -0.39 is 0 Å². The summed E-state index contributed by atoms with van der Waals surface area (Å²) in [5.74, 6) is 0. The van der Waals surface area contributed by atoms with Crippen LogP contribution in [0.2, 0.25) is 0 Å². The van der Waals surface area contributed by atoms with E-state index in [0.717, 1.165) is 22.2 Å². The highest BCUT2D eigenvalue weighted by atomic mass is 16.3. The molecule has 0 saturated heterocycles. The summed E-state index contributed by atoms with van der Waals surface area (Å²) in [6, 6.07) is 67.3. The van der Waals surface area contributed by atoms with Gasteiger partial charge >= 0.3 is 6.85 Å². The lowest BCUT2D eigenvalue weighted by atomic mass is 9.43. The molecular weight excluding hydrogens is 717 g/mol. The first-order valence-corrected chi connectivity index (χ1v) is 20.5. The van der Waals surface area contributed by atoms with Gasteiger partial charge in [0.05, 0.1) is 27.6 Å². The highest BCUT2D eigenvalue weighted by Gasteiger charge is 2.46. The Kier molecular flexibility index (Phi) is 5.46. The number of furan rings is 1. The zero-order chi connectivity index (χ0) is 38.1. The highest BCUT2D eigenvalue weighted by Crippen LogP contribution is 2.53. The summed E-state index contributed by atoms with van der Waals surface area (Å²) in [6.45, 7) is -0.129. The summed E-state index contributed by atoms with van der Waals surface area (Å²) in [6.07, 6.45) is 0. The van der Waals surface area contributed by atoms with E-state index in [2.05, 4.69) is 196 Å². The Hall–Kier alpha value is -7.76. The number of aromatic nitrogens is 2. The van der Waals surface area contributed by atoms with Gasteiger partial charge in [-0.15, -0.1) is 0 Å². The molecule has 6 heterocycles. The number of hydrogen-bond donors (Lipinski definition) is 0. The third-order valence-corrected chi connectivity index (χ3v) is 13.6. The van der Waals surface area contributed by atoms with Crippen molar-refractivity contribution in [3.63, 3.8) is 0 Å². The van der Waals surface area contributed by atoms with Gasteiger partial charge in [-0.3, -0.25) is 0 Å². The molecule has 0 spiro atoms. The normalized spacial score (nSPS) is 13.4. The van der Waals surface area contributed by atoms with Gasteiger partial charge in [0.1, 0.15) is 11.2 Å². The molecule has 0 radical (unpaired) electrons.